The Morgan fingerprint density at radius 3 is 2.60 bits per heavy atom. The van der Waals surface area contributed by atoms with Crippen LogP contribution in [-0.4, -0.2) is 16.5 Å². The van der Waals surface area contributed by atoms with E-state index in [-0.39, 0.29) is 0 Å². The maximum absolute atomic E-state index is 4.56. The van der Waals surface area contributed by atoms with Crippen LogP contribution in [0.25, 0.3) is 11.3 Å². The molecule has 1 aromatic carbocycles. The van der Waals surface area contributed by atoms with Crippen LogP contribution in [0.5, 0.6) is 0 Å². The van der Waals surface area contributed by atoms with Gasteiger partial charge in [-0.05, 0) is 38.3 Å². The molecule has 0 atom stereocenters. The van der Waals surface area contributed by atoms with E-state index >= 15 is 0 Å². The first-order chi connectivity index (χ1) is 9.69. The van der Waals surface area contributed by atoms with Crippen molar-refractivity contribution < 1.29 is 0 Å². The minimum Gasteiger partial charge on any atom is -0.370 e. The van der Waals surface area contributed by atoms with Crippen molar-refractivity contribution in [1.29, 1.82) is 0 Å². The van der Waals surface area contributed by atoms with E-state index in [0.717, 1.165) is 30.9 Å². The van der Waals surface area contributed by atoms with Gasteiger partial charge in [0, 0.05) is 17.7 Å². The minimum atomic E-state index is 0.875. The highest BCUT2D eigenvalue weighted by Gasteiger charge is 2.14. The Morgan fingerprint density at radius 2 is 1.90 bits per heavy atom. The molecule has 0 saturated heterocycles. The Labute approximate surface area is 121 Å². The molecule has 1 aromatic heterocycles. The van der Waals surface area contributed by atoms with Gasteiger partial charge in [-0.2, -0.15) is 0 Å². The predicted octanol–water partition coefficient (Wildman–Crippen LogP) is 4.14. The molecule has 2 rings (SSSR count). The van der Waals surface area contributed by atoms with Gasteiger partial charge in [0.2, 0.25) is 0 Å². The summed E-state index contributed by atoms with van der Waals surface area (Å²) in [4.78, 5) is 8.96. The number of hydrogen-bond acceptors (Lipinski definition) is 3. The molecule has 0 amide bonds. The second-order valence-corrected chi connectivity index (χ2v) is 5.08. The summed E-state index contributed by atoms with van der Waals surface area (Å²) >= 11 is 0. The molecule has 0 aliphatic carbocycles. The van der Waals surface area contributed by atoms with Gasteiger partial charge in [0.05, 0.1) is 5.69 Å². The summed E-state index contributed by atoms with van der Waals surface area (Å²) in [7, 11) is 0. The summed E-state index contributed by atoms with van der Waals surface area (Å²) in [5, 5.41) is 3.35. The number of benzene rings is 1. The smallest absolute Gasteiger partial charge is 0.133 e. The van der Waals surface area contributed by atoms with Crippen LogP contribution < -0.4 is 5.32 Å². The standard InChI is InChI=1S/C17H23N3/c1-5-8-15-16(19-11-20-17(15)18-6-2)14-10-7-9-12(3)13(14)4/h7,9-11H,5-6,8H2,1-4H3,(H,18,19,20). The van der Waals surface area contributed by atoms with Crippen molar-refractivity contribution in [2.24, 2.45) is 0 Å². The molecular formula is C17H23N3. The van der Waals surface area contributed by atoms with Crippen molar-refractivity contribution in [3.05, 3.63) is 41.2 Å². The Morgan fingerprint density at radius 1 is 1.10 bits per heavy atom. The van der Waals surface area contributed by atoms with Gasteiger partial charge >= 0.3 is 0 Å². The zero-order chi connectivity index (χ0) is 14.5. The molecule has 0 aliphatic rings. The zero-order valence-corrected chi connectivity index (χ0v) is 12.8. The average molecular weight is 269 g/mol. The number of hydrogen-bond donors (Lipinski definition) is 1. The summed E-state index contributed by atoms with van der Waals surface area (Å²) < 4.78 is 0. The van der Waals surface area contributed by atoms with Crippen LogP contribution in [0, 0.1) is 13.8 Å². The van der Waals surface area contributed by atoms with E-state index in [1.165, 1.54) is 22.3 Å². The quantitative estimate of drug-likeness (QED) is 0.886. The third-order valence-electron chi connectivity index (χ3n) is 3.65. The summed E-state index contributed by atoms with van der Waals surface area (Å²) in [6.07, 6.45) is 3.74. The lowest BCUT2D eigenvalue weighted by Crippen LogP contribution is -2.07. The van der Waals surface area contributed by atoms with Crippen molar-refractivity contribution in [1.82, 2.24) is 9.97 Å². The van der Waals surface area contributed by atoms with Gasteiger partial charge in [-0.25, -0.2) is 9.97 Å². The topological polar surface area (TPSA) is 37.8 Å². The Kier molecular flexibility index (Phi) is 4.72. The van der Waals surface area contributed by atoms with Crippen LogP contribution in [0.3, 0.4) is 0 Å². The normalized spacial score (nSPS) is 10.6. The van der Waals surface area contributed by atoms with Crippen LogP contribution in [-0.2, 0) is 6.42 Å². The van der Waals surface area contributed by atoms with Gasteiger partial charge in [0.15, 0.2) is 0 Å². The first kappa shape index (κ1) is 14.5. The number of aryl methyl sites for hydroxylation is 1. The van der Waals surface area contributed by atoms with Gasteiger partial charge in [0.1, 0.15) is 12.1 Å². The minimum absolute atomic E-state index is 0.875. The molecule has 3 heteroatoms. The van der Waals surface area contributed by atoms with Crippen LogP contribution in [0.4, 0.5) is 5.82 Å². The molecule has 1 heterocycles. The first-order valence-electron chi connectivity index (χ1n) is 7.33. The van der Waals surface area contributed by atoms with Gasteiger partial charge in [-0.15, -0.1) is 0 Å². The third-order valence-corrected chi connectivity index (χ3v) is 3.65. The molecule has 106 valence electrons. The maximum Gasteiger partial charge on any atom is 0.133 e. The monoisotopic (exact) mass is 269 g/mol. The molecule has 3 nitrogen and oxygen atoms in total. The molecule has 2 aromatic rings. The van der Waals surface area contributed by atoms with E-state index in [9.17, 15) is 0 Å². The van der Waals surface area contributed by atoms with Crippen molar-refractivity contribution >= 4 is 5.82 Å². The van der Waals surface area contributed by atoms with Crippen molar-refractivity contribution in [3.63, 3.8) is 0 Å². The lowest BCUT2D eigenvalue weighted by molar-refractivity contribution is 0.901. The second-order valence-electron chi connectivity index (χ2n) is 5.08. The van der Waals surface area contributed by atoms with Crippen molar-refractivity contribution in [2.75, 3.05) is 11.9 Å². The third kappa shape index (κ3) is 2.82. The molecular weight excluding hydrogens is 246 g/mol. The highest BCUT2D eigenvalue weighted by Crippen LogP contribution is 2.30. The maximum atomic E-state index is 4.56. The van der Waals surface area contributed by atoms with E-state index in [4.69, 9.17) is 0 Å². The largest absolute Gasteiger partial charge is 0.370 e. The molecule has 20 heavy (non-hydrogen) atoms. The SMILES string of the molecule is CCCc1c(NCC)ncnc1-c1cccc(C)c1C. The average Bonchev–Trinajstić information content (AvgIpc) is 2.44. The van der Waals surface area contributed by atoms with Crippen molar-refractivity contribution in [3.8, 4) is 11.3 Å². The van der Waals surface area contributed by atoms with Crippen molar-refractivity contribution in [2.45, 2.75) is 40.5 Å². The summed E-state index contributed by atoms with van der Waals surface area (Å²) in [6, 6.07) is 6.40. The predicted molar refractivity (Wildman–Crippen MR) is 85.1 cm³/mol. The number of nitrogens with zero attached hydrogens (tertiary/aromatic N) is 2. The van der Waals surface area contributed by atoms with Gasteiger partial charge in [-0.3, -0.25) is 0 Å². The van der Waals surface area contributed by atoms with Gasteiger partial charge < -0.3 is 5.32 Å². The number of nitrogens with one attached hydrogen (secondary N) is 1. The summed E-state index contributed by atoms with van der Waals surface area (Å²) in [5.74, 6) is 0.972. The summed E-state index contributed by atoms with van der Waals surface area (Å²) in [5.41, 5.74) is 6.11. The highest BCUT2D eigenvalue weighted by atomic mass is 15.0. The van der Waals surface area contributed by atoms with E-state index in [2.05, 4.69) is 61.2 Å². The fourth-order valence-corrected chi connectivity index (χ4v) is 2.46. The molecule has 0 saturated carbocycles. The lowest BCUT2D eigenvalue weighted by Gasteiger charge is -2.15. The van der Waals surface area contributed by atoms with Gasteiger partial charge in [0.25, 0.3) is 0 Å². The van der Waals surface area contributed by atoms with Crippen LogP contribution in [0.1, 0.15) is 37.0 Å². The fraction of sp³-hybridized carbons (Fsp3) is 0.412. The lowest BCUT2D eigenvalue weighted by atomic mass is 9.96. The van der Waals surface area contributed by atoms with E-state index in [1.54, 1.807) is 6.33 Å². The molecule has 0 bridgehead atoms. The zero-order valence-electron chi connectivity index (χ0n) is 12.8. The number of aromatic nitrogens is 2. The van der Waals surface area contributed by atoms with Gasteiger partial charge in [-0.1, -0.05) is 31.5 Å². The van der Waals surface area contributed by atoms with E-state index in [0.29, 0.717) is 0 Å². The van der Waals surface area contributed by atoms with Crippen LogP contribution in [0.15, 0.2) is 24.5 Å². The summed E-state index contributed by atoms with van der Waals surface area (Å²) in [6.45, 7) is 9.46. The molecule has 0 aliphatic heterocycles. The molecule has 0 unspecified atom stereocenters. The molecule has 1 N–H and O–H groups in total. The Balaban J connectivity index is 2.60. The first-order valence-corrected chi connectivity index (χ1v) is 7.33. The fourth-order valence-electron chi connectivity index (χ4n) is 2.46. The molecule has 0 radical (unpaired) electrons. The Bertz CT molecular complexity index is 591. The van der Waals surface area contributed by atoms with E-state index in [1.807, 2.05) is 0 Å². The molecule has 0 fully saturated rings. The van der Waals surface area contributed by atoms with Crippen LogP contribution >= 0.6 is 0 Å². The van der Waals surface area contributed by atoms with Crippen LogP contribution in [0.2, 0.25) is 0 Å². The Hall–Kier alpha value is -1.90. The number of anilines is 1. The highest BCUT2D eigenvalue weighted by molar-refractivity contribution is 5.71. The van der Waals surface area contributed by atoms with E-state index < -0.39 is 0 Å². The second kappa shape index (κ2) is 6.51. The molecule has 0 spiro atoms. The number of rotatable bonds is 5.